The molecule has 25 heavy (non-hydrogen) atoms. The Morgan fingerprint density at radius 1 is 1.24 bits per heavy atom. The third kappa shape index (κ3) is 3.92. The number of nitrogens with two attached hydrogens (primary N) is 1. The van der Waals surface area contributed by atoms with E-state index in [0.717, 1.165) is 29.9 Å². The number of hydrogen-bond donors (Lipinski definition) is 2. The summed E-state index contributed by atoms with van der Waals surface area (Å²) >= 11 is 0. The first-order chi connectivity index (χ1) is 11.7. The molecule has 0 unspecified atom stereocenters. The third-order valence-corrected chi connectivity index (χ3v) is 4.25. The highest BCUT2D eigenvalue weighted by Gasteiger charge is 2.23. The van der Waals surface area contributed by atoms with Gasteiger partial charge in [-0.2, -0.15) is 0 Å². The quantitative estimate of drug-likeness (QED) is 0.810. The van der Waals surface area contributed by atoms with E-state index in [1.54, 1.807) is 12.1 Å². The van der Waals surface area contributed by atoms with Gasteiger partial charge >= 0.3 is 0 Å². The van der Waals surface area contributed by atoms with Crippen molar-refractivity contribution >= 4 is 28.7 Å². The number of nitrogens with zero attached hydrogens (tertiary/aromatic N) is 1. The number of anilines is 4. The van der Waals surface area contributed by atoms with Crippen molar-refractivity contribution in [2.45, 2.75) is 33.6 Å². The molecule has 1 aliphatic rings. The molecule has 0 saturated heterocycles. The Kier molecular flexibility index (Phi) is 4.41. The molecule has 132 valence electrons. The van der Waals surface area contributed by atoms with E-state index >= 15 is 0 Å². The van der Waals surface area contributed by atoms with Gasteiger partial charge in [0.25, 0.3) is 0 Å². The van der Waals surface area contributed by atoms with Gasteiger partial charge < -0.3 is 16.0 Å². The highest BCUT2D eigenvalue weighted by atomic mass is 19.1. The molecule has 0 spiro atoms. The van der Waals surface area contributed by atoms with Gasteiger partial charge in [-0.1, -0.05) is 20.8 Å². The molecule has 0 fully saturated rings. The van der Waals surface area contributed by atoms with Crippen LogP contribution in [0.25, 0.3) is 0 Å². The number of carbonyl (C=O) groups is 1. The summed E-state index contributed by atoms with van der Waals surface area (Å²) in [6.07, 6.45) is 1.29. The minimum atomic E-state index is -0.250. The van der Waals surface area contributed by atoms with Gasteiger partial charge in [0.15, 0.2) is 0 Å². The van der Waals surface area contributed by atoms with E-state index in [1.807, 2.05) is 32.9 Å². The first-order valence-corrected chi connectivity index (χ1v) is 8.48. The van der Waals surface area contributed by atoms with E-state index in [4.69, 9.17) is 5.73 Å². The maximum Gasteiger partial charge on any atom is 0.224 e. The van der Waals surface area contributed by atoms with E-state index < -0.39 is 0 Å². The van der Waals surface area contributed by atoms with Gasteiger partial charge in [-0.3, -0.25) is 4.79 Å². The van der Waals surface area contributed by atoms with Crippen LogP contribution >= 0.6 is 0 Å². The molecule has 2 aromatic rings. The van der Waals surface area contributed by atoms with E-state index in [-0.39, 0.29) is 17.1 Å². The zero-order valence-electron chi connectivity index (χ0n) is 14.9. The second-order valence-electron chi connectivity index (χ2n) is 7.73. The minimum Gasteiger partial charge on any atom is -0.397 e. The summed E-state index contributed by atoms with van der Waals surface area (Å²) in [6, 6.07) is 10.3. The van der Waals surface area contributed by atoms with E-state index in [2.05, 4.69) is 10.2 Å². The van der Waals surface area contributed by atoms with Crippen molar-refractivity contribution in [3.05, 3.63) is 47.8 Å². The Hall–Kier alpha value is -2.56. The Labute approximate surface area is 147 Å². The maximum atomic E-state index is 13.1. The van der Waals surface area contributed by atoms with Crippen molar-refractivity contribution in [1.29, 1.82) is 0 Å². The number of rotatable bonds is 3. The Morgan fingerprint density at radius 2 is 1.92 bits per heavy atom. The number of halogens is 1. The lowest BCUT2D eigenvalue weighted by atomic mass is 9.92. The number of nitrogen functional groups attached to an aromatic ring is 1. The molecule has 4 nitrogen and oxygen atoms in total. The van der Waals surface area contributed by atoms with Crippen molar-refractivity contribution in [3.8, 4) is 0 Å². The molecule has 1 heterocycles. The van der Waals surface area contributed by atoms with Gasteiger partial charge in [0.2, 0.25) is 5.91 Å². The van der Waals surface area contributed by atoms with Crippen LogP contribution in [-0.4, -0.2) is 12.5 Å². The first-order valence-electron chi connectivity index (χ1n) is 8.48. The predicted molar refractivity (Wildman–Crippen MR) is 101 cm³/mol. The first kappa shape index (κ1) is 17.3. The average molecular weight is 341 g/mol. The third-order valence-electron chi connectivity index (χ3n) is 4.25. The van der Waals surface area contributed by atoms with Gasteiger partial charge in [0.1, 0.15) is 5.82 Å². The lowest BCUT2D eigenvalue weighted by Gasteiger charge is -2.21. The molecular weight excluding hydrogens is 317 g/mol. The number of hydrogen-bond acceptors (Lipinski definition) is 3. The second kappa shape index (κ2) is 6.39. The zero-order valence-corrected chi connectivity index (χ0v) is 14.9. The topological polar surface area (TPSA) is 58.4 Å². The average Bonchev–Trinajstić information content (AvgIpc) is 2.89. The van der Waals surface area contributed by atoms with E-state index in [1.165, 1.54) is 12.1 Å². The van der Waals surface area contributed by atoms with Crippen LogP contribution in [0.15, 0.2) is 36.4 Å². The summed E-state index contributed by atoms with van der Waals surface area (Å²) in [4.78, 5) is 14.3. The van der Waals surface area contributed by atoms with Crippen molar-refractivity contribution in [3.63, 3.8) is 0 Å². The van der Waals surface area contributed by atoms with Crippen LogP contribution in [0.4, 0.5) is 27.1 Å². The lowest BCUT2D eigenvalue weighted by molar-refractivity contribution is -0.117. The van der Waals surface area contributed by atoms with Crippen molar-refractivity contribution < 1.29 is 9.18 Å². The number of fused-ring (bicyclic) bond motifs is 1. The molecule has 2 aromatic carbocycles. The smallest absolute Gasteiger partial charge is 0.224 e. The maximum absolute atomic E-state index is 13.1. The van der Waals surface area contributed by atoms with E-state index in [0.29, 0.717) is 17.8 Å². The molecule has 0 bridgehead atoms. The molecule has 3 rings (SSSR count). The molecule has 1 amide bonds. The minimum absolute atomic E-state index is 0.0347. The van der Waals surface area contributed by atoms with Gasteiger partial charge in [-0.15, -0.1) is 0 Å². The fourth-order valence-electron chi connectivity index (χ4n) is 3.13. The van der Waals surface area contributed by atoms with Crippen molar-refractivity contribution in [1.82, 2.24) is 0 Å². The van der Waals surface area contributed by atoms with Gasteiger partial charge in [-0.25, -0.2) is 4.39 Å². The SMILES string of the molecule is CC(C)(C)CC(=O)Nc1cc2c(cc1N)N(c1ccc(F)cc1)CC2. The highest BCUT2D eigenvalue weighted by molar-refractivity contribution is 5.95. The van der Waals surface area contributed by atoms with Crippen LogP contribution < -0.4 is 16.0 Å². The Morgan fingerprint density at radius 3 is 2.56 bits per heavy atom. The fourth-order valence-corrected chi connectivity index (χ4v) is 3.13. The summed E-state index contributed by atoms with van der Waals surface area (Å²) < 4.78 is 13.1. The summed E-state index contributed by atoms with van der Waals surface area (Å²) in [7, 11) is 0. The number of amides is 1. The summed E-state index contributed by atoms with van der Waals surface area (Å²) in [5.41, 5.74) is 10.4. The zero-order chi connectivity index (χ0) is 18.2. The van der Waals surface area contributed by atoms with Gasteiger partial charge in [-0.05, 0) is 53.8 Å². The predicted octanol–water partition coefficient (Wildman–Crippen LogP) is 4.48. The molecule has 3 N–H and O–H groups in total. The number of benzene rings is 2. The number of nitrogens with one attached hydrogen (secondary N) is 1. The lowest BCUT2D eigenvalue weighted by Crippen LogP contribution is -2.20. The Balaban J connectivity index is 1.83. The van der Waals surface area contributed by atoms with Crippen LogP contribution in [0.2, 0.25) is 0 Å². The van der Waals surface area contributed by atoms with Crippen molar-refractivity contribution in [2.24, 2.45) is 5.41 Å². The molecule has 0 aliphatic carbocycles. The summed E-state index contributed by atoms with van der Waals surface area (Å²) in [5, 5.41) is 2.93. The number of carbonyl (C=O) groups excluding carboxylic acids is 1. The molecular formula is C20H24FN3O. The molecule has 1 aliphatic heterocycles. The summed E-state index contributed by atoms with van der Waals surface area (Å²) in [6.45, 7) is 6.89. The van der Waals surface area contributed by atoms with Crippen LogP contribution in [0.5, 0.6) is 0 Å². The largest absolute Gasteiger partial charge is 0.397 e. The van der Waals surface area contributed by atoms with Crippen LogP contribution in [0.1, 0.15) is 32.8 Å². The normalized spacial score (nSPS) is 13.7. The second-order valence-corrected chi connectivity index (χ2v) is 7.73. The van der Waals surface area contributed by atoms with E-state index in [9.17, 15) is 9.18 Å². The fraction of sp³-hybridized carbons (Fsp3) is 0.350. The molecule has 5 heteroatoms. The molecule has 0 radical (unpaired) electrons. The molecule has 0 aromatic heterocycles. The Bertz CT molecular complexity index is 794. The van der Waals surface area contributed by atoms with Crippen LogP contribution in [0, 0.1) is 11.2 Å². The van der Waals surface area contributed by atoms with Crippen LogP contribution in [-0.2, 0) is 11.2 Å². The summed E-state index contributed by atoms with van der Waals surface area (Å²) in [5.74, 6) is -0.285. The highest BCUT2D eigenvalue weighted by Crippen LogP contribution is 2.39. The van der Waals surface area contributed by atoms with Gasteiger partial charge in [0.05, 0.1) is 11.4 Å². The molecule has 0 atom stereocenters. The molecule has 0 saturated carbocycles. The standard InChI is InChI=1S/C20H24FN3O/c1-20(2,3)12-19(25)23-17-10-13-8-9-24(18(13)11-16(17)22)15-6-4-14(21)5-7-15/h4-7,10-11H,8-9,12,22H2,1-3H3,(H,23,25). The van der Waals surface area contributed by atoms with Crippen LogP contribution in [0.3, 0.4) is 0 Å². The van der Waals surface area contributed by atoms with Crippen molar-refractivity contribution in [2.75, 3.05) is 22.5 Å². The monoisotopic (exact) mass is 341 g/mol. The van der Waals surface area contributed by atoms with Gasteiger partial charge in [0, 0.05) is 24.3 Å².